The summed E-state index contributed by atoms with van der Waals surface area (Å²) in [5.74, 6) is 0.405. The van der Waals surface area contributed by atoms with Crippen LogP contribution in [0.2, 0.25) is 0 Å². The van der Waals surface area contributed by atoms with Gasteiger partial charge in [0, 0.05) is 78.9 Å². The fourth-order valence-electron chi connectivity index (χ4n) is 6.28. The van der Waals surface area contributed by atoms with Crippen molar-refractivity contribution in [2.75, 3.05) is 49.2 Å². The van der Waals surface area contributed by atoms with Crippen LogP contribution in [0.1, 0.15) is 25.0 Å². The number of carbonyl (C=O) groups excluding carboxylic acids is 2. The van der Waals surface area contributed by atoms with Crippen LogP contribution in [0, 0.1) is 12.8 Å². The topological polar surface area (TPSA) is 119 Å². The van der Waals surface area contributed by atoms with Crippen molar-refractivity contribution >= 4 is 57.1 Å². The summed E-state index contributed by atoms with van der Waals surface area (Å²) < 4.78 is -0.559. The molecule has 0 aliphatic carbocycles. The third-order valence-corrected chi connectivity index (χ3v) is 10.8. The Morgan fingerprint density at radius 3 is 2.81 bits per heavy atom. The Bertz CT molecular complexity index is 1540. The third-order valence-electron chi connectivity index (χ3n) is 8.64. The molecule has 5 heterocycles. The molecule has 2 aliphatic heterocycles. The third kappa shape index (κ3) is 5.88. The van der Waals surface area contributed by atoms with E-state index in [1.165, 1.54) is 0 Å². The summed E-state index contributed by atoms with van der Waals surface area (Å²) in [5.41, 5.74) is 4.41. The average molecular weight is 605 g/mol. The van der Waals surface area contributed by atoms with Crippen LogP contribution in [-0.4, -0.2) is 87.2 Å². The Labute approximate surface area is 253 Å². The normalized spacial score (nSPS) is 20.6. The number of piperidine rings is 1. The molecule has 1 unspecified atom stereocenters. The summed E-state index contributed by atoms with van der Waals surface area (Å²) in [7, 11) is 0. The Morgan fingerprint density at radius 2 is 2.07 bits per heavy atom. The number of benzene rings is 1. The van der Waals surface area contributed by atoms with Gasteiger partial charge in [-0.05, 0) is 68.7 Å². The molecule has 1 aromatic carbocycles. The van der Waals surface area contributed by atoms with Crippen LogP contribution < -0.4 is 15.5 Å². The number of likely N-dealkylation sites (tertiary alicyclic amines) is 1. The second kappa shape index (κ2) is 12.4. The summed E-state index contributed by atoms with van der Waals surface area (Å²) in [6.07, 6.45) is 9.24. The monoisotopic (exact) mass is 604 g/mol. The number of hydrogen-bond donors (Lipinski definition) is 3. The van der Waals surface area contributed by atoms with Gasteiger partial charge < -0.3 is 15.5 Å². The smallest absolute Gasteiger partial charge is 0.241 e. The van der Waals surface area contributed by atoms with Gasteiger partial charge in [-0.1, -0.05) is 0 Å². The Hall–Kier alpha value is -3.48. The van der Waals surface area contributed by atoms with Gasteiger partial charge in [-0.15, -0.1) is 23.1 Å². The quantitative estimate of drug-likeness (QED) is 0.231. The van der Waals surface area contributed by atoms with E-state index in [1.807, 2.05) is 55.1 Å². The predicted molar refractivity (Wildman–Crippen MR) is 170 cm³/mol. The number of nitrogens with zero attached hydrogens (tertiary/aromatic N) is 5. The van der Waals surface area contributed by atoms with E-state index in [1.54, 1.807) is 29.3 Å². The van der Waals surface area contributed by atoms with Crippen LogP contribution in [0.3, 0.4) is 0 Å². The first kappa shape index (κ1) is 28.6. The van der Waals surface area contributed by atoms with Crippen molar-refractivity contribution in [1.29, 1.82) is 0 Å². The largest absolute Gasteiger partial charge is 0.354 e. The first-order valence-corrected chi connectivity index (χ1v) is 16.4. The maximum Gasteiger partial charge on any atom is 0.241 e. The zero-order chi connectivity index (χ0) is 29.1. The van der Waals surface area contributed by atoms with Crippen LogP contribution in [0.5, 0.6) is 0 Å². The lowest BCUT2D eigenvalue weighted by Gasteiger charge is -2.37. The minimum atomic E-state index is -0.559. The molecule has 10 nitrogen and oxygen atoms in total. The van der Waals surface area contributed by atoms with Crippen LogP contribution in [0.4, 0.5) is 10.8 Å². The van der Waals surface area contributed by atoms with Crippen LogP contribution in [0.15, 0.2) is 48.1 Å². The lowest BCUT2D eigenvalue weighted by molar-refractivity contribution is -0.118. The van der Waals surface area contributed by atoms with Crippen molar-refractivity contribution in [2.45, 2.75) is 37.0 Å². The molecule has 0 radical (unpaired) electrons. The van der Waals surface area contributed by atoms with Crippen molar-refractivity contribution in [3.63, 3.8) is 0 Å². The number of pyridine rings is 1. The van der Waals surface area contributed by atoms with E-state index < -0.39 is 4.75 Å². The second-order valence-electron chi connectivity index (χ2n) is 11.2. The predicted octanol–water partition coefficient (Wildman–Crippen LogP) is 4.17. The highest BCUT2D eigenvalue weighted by Gasteiger charge is 2.45. The summed E-state index contributed by atoms with van der Waals surface area (Å²) >= 11 is 3.28. The van der Waals surface area contributed by atoms with Gasteiger partial charge in [0.05, 0.1) is 5.52 Å². The number of rotatable bonds is 10. The maximum atomic E-state index is 13.8. The van der Waals surface area contributed by atoms with Gasteiger partial charge in [0.15, 0.2) is 5.13 Å². The van der Waals surface area contributed by atoms with E-state index in [0.717, 1.165) is 90.5 Å². The number of aryl methyl sites for hydroxylation is 1. The highest BCUT2D eigenvalue weighted by Crippen LogP contribution is 2.37. The van der Waals surface area contributed by atoms with Crippen molar-refractivity contribution in [3.8, 4) is 11.3 Å². The van der Waals surface area contributed by atoms with Gasteiger partial charge in [0.25, 0.3) is 0 Å². The highest BCUT2D eigenvalue weighted by molar-refractivity contribution is 8.00. The molecular formula is C30H36N8O2S2. The molecule has 6 rings (SSSR count). The van der Waals surface area contributed by atoms with E-state index in [0.29, 0.717) is 12.5 Å². The standard InChI is InChI=1S/C30H36N8O2S2/c1-20-15-22(5-9-31-20)27-24-16-23(3-4-25(24)35-36-27)34-28(40)30(41-2)8-13-37(18-30)17-26(33-19-39)21-6-11-38(12-7-21)29-32-10-14-42-29/h3-5,9-10,14-16,19,21,26H,6-8,11-13,17-18H2,1-2H3,(H,33,39)(H,34,40)(H,35,36)/t26?,30-/m0/s1. The summed E-state index contributed by atoms with van der Waals surface area (Å²) in [6, 6.07) is 9.88. The van der Waals surface area contributed by atoms with Crippen molar-refractivity contribution in [2.24, 2.45) is 5.92 Å². The highest BCUT2D eigenvalue weighted by atomic mass is 32.2. The van der Waals surface area contributed by atoms with Crippen molar-refractivity contribution in [3.05, 3.63) is 53.8 Å². The van der Waals surface area contributed by atoms with E-state index in [4.69, 9.17) is 0 Å². The number of carbonyl (C=O) groups is 2. The molecule has 0 bridgehead atoms. The molecule has 3 aromatic heterocycles. The van der Waals surface area contributed by atoms with Crippen LogP contribution in [0.25, 0.3) is 22.2 Å². The molecule has 2 saturated heterocycles. The van der Waals surface area contributed by atoms with Gasteiger partial charge in [0.2, 0.25) is 12.3 Å². The summed E-state index contributed by atoms with van der Waals surface area (Å²) in [4.78, 5) is 38.8. The SMILES string of the molecule is CS[C@@]1(C(=O)Nc2ccc3[nH]nc(-c4ccnc(C)c4)c3c2)CCN(CC(NC=O)C2CCN(c3nccs3)CC2)C1. The molecule has 2 fully saturated rings. The van der Waals surface area contributed by atoms with Crippen molar-refractivity contribution in [1.82, 2.24) is 30.4 Å². The fourth-order valence-corrected chi connectivity index (χ4v) is 7.82. The number of anilines is 2. The van der Waals surface area contributed by atoms with Gasteiger partial charge in [-0.2, -0.15) is 5.10 Å². The fraction of sp³-hybridized carbons (Fsp3) is 0.433. The number of H-pyrrole nitrogens is 1. The number of nitrogens with one attached hydrogen (secondary N) is 3. The molecule has 2 amide bonds. The second-order valence-corrected chi connectivity index (χ2v) is 13.2. The number of thioether (sulfide) groups is 1. The van der Waals surface area contributed by atoms with Gasteiger partial charge in [0.1, 0.15) is 10.4 Å². The Kier molecular flexibility index (Phi) is 8.45. The number of amides is 2. The first-order valence-electron chi connectivity index (χ1n) is 14.3. The molecule has 2 aliphatic rings. The van der Waals surface area contributed by atoms with Gasteiger partial charge >= 0.3 is 0 Å². The maximum absolute atomic E-state index is 13.8. The zero-order valence-corrected chi connectivity index (χ0v) is 25.5. The van der Waals surface area contributed by atoms with Gasteiger partial charge in [-0.3, -0.25) is 24.6 Å². The summed E-state index contributed by atoms with van der Waals surface area (Å²) in [6.45, 7) is 6.04. The molecule has 0 saturated carbocycles. The van der Waals surface area contributed by atoms with Crippen molar-refractivity contribution < 1.29 is 9.59 Å². The lowest BCUT2D eigenvalue weighted by Crippen LogP contribution is -2.49. The lowest BCUT2D eigenvalue weighted by atomic mass is 9.89. The van der Waals surface area contributed by atoms with E-state index in [2.05, 4.69) is 40.6 Å². The number of fused-ring (bicyclic) bond motifs is 1. The minimum Gasteiger partial charge on any atom is -0.354 e. The zero-order valence-electron chi connectivity index (χ0n) is 23.9. The molecule has 3 N–H and O–H groups in total. The van der Waals surface area contributed by atoms with E-state index >= 15 is 0 Å². The van der Waals surface area contributed by atoms with Gasteiger partial charge in [-0.25, -0.2) is 4.98 Å². The minimum absolute atomic E-state index is 0.0123. The van der Waals surface area contributed by atoms with Crippen LogP contribution >= 0.6 is 23.1 Å². The molecule has 220 valence electrons. The first-order chi connectivity index (χ1) is 20.5. The van der Waals surface area contributed by atoms with E-state index in [9.17, 15) is 9.59 Å². The number of aromatic amines is 1. The molecule has 12 heteroatoms. The molecule has 2 atom stereocenters. The molecule has 42 heavy (non-hydrogen) atoms. The molecule has 0 spiro atoms. The average Bonchev–Trinajstić information content (AvgIpc) is 3.78. The number of hydrogen-bond acceptors (Lipinski definition) is 9. The molecular weight excluding hydrogens is 569 g/mol. The summed E-state index contributed by atoms with van der Waals surface area (Å²) in [5, 5.41) is 18.0. The Balaban J connectivity index is 1.11. The van der Waals surface area contributed by atoms with Crippen LogP contribution in [-0.2, 0) is 9.59 Å². The Morgan fingerprint density at radius 1 is 1.21 bits per heavy atom. The van der Waals surface area contributed by atoms with E-state index in [-0.39, 0.29) is 11.9 Å². The molecule has 4 aromatic rings. The number of aromatic nitrogens is 4. The number of thiazole rings is 1.